The molecule has 0 spiro atoms. The van der Waals surface area contributed by atoms with Crippen molar-refractivity contribution in [1.82, 2.24) is 9.80 Å². The number of hydrogen-bond acceptors (Lipinski definition) is 4. The number of unbranched alkanes of at least 4 members (excludes halogenated alkanes) is 3. The first-order chi connectivity index (χ1) is 8.70. The van der Waals surface area contributed by atoms with E-state index in [-0.39, 0.29) is 0 Å². The van der Waals surface area contributed by atoms with E-state index in [2.05, 4.69) is 36.0 Å². The van der Waals surface area contributed by atoms with Gasteiger partial charge in [0.1, 0.15) is 0 Å². The Labute approximate surface area is 112 Å². The molecule has 0 aromatic rings. The second-order valence-electron chi connectivity index (χ2n) is 4.84. The molecule has 0 aromatic heterocycles. The summed E-state index contributed by atoms with van der Waals surface area (Å²) in [5.74, 6) is 0. The minimum Gasteiger partial charge on any atom is -0.306 e. The smallest absolute Gasteiger partial charge is 0.0622 e. The van der Waals surface area contributed by atoms with E-state index in [1.165, 1.54) is 12.8 Å². The molecule has 18 heavy (non-hydrogen) atoms. The molecule has 0 rings (SSSR count). The van der Waals surface area contributed by atoms with Gasteiger partial charge in [0, 0.05) is 12.8 Å². The zero-order valence-electron chi connectivity index (χ0n) is 11.9. The lowest BCUT2D eigenvalue weighted by Gasteiger charge is -2.18. The summed E-state index contributed by atoms with van der Waals surface area (Å²) in [5, 5.41) is 16.9. The van der Waals surface area contributed by atoms with Gasteiger partial charge < -0.3 is 9.80 Å². The van der Waals surface area contributed by atoms with Gasteiger partial charge in [0.15, 0.2) is 0 Å². The average Bonchev–Trinajstić information content (AvgIpc) is 2.35. The van der Waals surface area contributed by atoms with Crippen LogP contribution < -0.4 is 0 Å². The van der Waals surface area contributed by atoms with Gasteiger partial charge in [-0.15, -0.1) is 0 Å². The minimum atomic E-state index is 0.659. The van der Waals surface area contributed by atoms with Crippen molar-refractivity contribution in [3.63, 3.8) is 0 Å². The average molecular weight is 250 g/mol. The van der Waals surface area contributed by atoms with Crippen LogP contribution in [-0.2, 0) is 0 Å². The van der Waals surface area contributed by atoms with Crippen molar-refractivity contribution >= 4 is 0 Å². The Kier molecular flexibility index (Phi) is 11.6. The van der Waals surface area contributed by atoms with Gasteiger partial charge in [-0.3, -0.25) is 0 Å². The van der Waals surface area contributed by atoms with E-state index >= 15 is 0 Å². The number of rotatable bonds is 11. The predicted octanol–water partition coefficient (Wildman–Crippen LogP) is 2.24. The van der Waals surface area contributed by atoms with Crippen LogP contribution in [0.25, 0.3) is 0 Å². The molecular weight excluding hydrogens is 224 g/mol. The summed E-state index contributed by atoms with van der Waals surface area (Å²) in [6.07, 6.45) is 5.66. The van der Waals surface area contributed by atoms with Crippen molar-refractivity contribution in [1.29, 1.82) is 10.5 Å². The zero-order chi connectivity index (χ0) is 13.6. The van der Waals surface area contributed by atoms with Crippen LogP contribution in [0.4, 0.5) is 0 Å². The van der Waals surface area contributed by atoms with Gasteiger partial charge in [-0.2, -0.15) is 10.5 Å². The second kappa shape index (κ2) is 12.4. The van der Waals surface area contributed by atoms with E-state index in [0.29, 0.717) is 12.8 Å². The molecule has 0 aliphatic carbocycles. The highest BCUT2D eigenvalue weighted by molar-refractivity contribution is 4.70. The van der Waals surface area contributed by atoms with Crippen LogP contribution in [0, 0.1) is 22.7 Å². The van der Waals surface area contributed by atoms with Crippen LogP contribution in [0.3, 0.4) is 0 Å². The van der Waals surface area contributed by atoms with E-state index < -0.39 is 0 Å². The normalized spacial score (nSPS) is 10.6. The van der Waals surface area contributed by atoms with Crippen molar-refractivity contribution in [3.05, 3.63) is 0 Å². The first kappa shape index (κ1) is 16.9. The van der Waals surface area contributed by atoms with Gasteiger partial charge in [0.25, 0.3) is 0 Å². The molecule has 0 saturated carbocycles. The molecule has 0 heterocycles. The van der Waals surface area contributed by atoms with E-state index in [0.717, 1.165) is 39.0 Å². The fourth-order valence-corrected chi connectivity index (χ4v) is 1.84. The Morgan fingerprint density at radius 2 is 1.00 bits per heavy atom. The third kappa shape index (κ3) is 11.4. The van der Waals surface area contributed by atoms with Crippen molar-refractivity contribution in [2.24, 2.45) is 0 Å². The predicted molar refractivity (Wildman–Crippen MR) is 73.9 cm³/mol. The third-order valence-electron chi connectivity index (χ3n) is 2.99. The van der Waals surface area contributed by atoms with Crippen LogP contribution in [-0.4, -0.2) is 50.1 Å². The molecule has 4 heteroatoms. The molecule has 0 fully saturated rings. The summed E-state index contributed by atoms with van der Waals surface area (Å²) in [6.45, 7) is 4.26. The third-order valence-corrected chi connectivity index (χ3v) is 2.99. The van der Waals surface area contributed by atoms with Crippen LogP contribution in [0.15, 0.2) is 0 Å². The summed E-state index contributed by atoms with van der Waals surface area (Å²) in [6, 6.07) is 4.35. The summed E-state index contributed by atoms with van der Waals surface area (Å²) >= 11 is 0. The lowest BCUT2D eigenvalue weighted by Crippen LogP contribution is -2.24. The Morgan fingerprint density at radius 1 is 0.667 bits per heavy atom. The highest BCUT2D eigenvalue weighted by Crippen LogP contribution is 1.99. The van der Waals surface area contributed by atoms with Gasteiger partial charge in [-0.25, -0.2) is 0 Å². The molecule has 0 radical (unpaired) electrons. The molecule has 4 nitrogen and oxygen atoms in total. The molecule has 0 amide bonds. The van der Waals surface area contributed by atoms with Crippen LogP contribution in [0.2, 0.25) is 0 Å². The van der Waals surface area contributed by atoms with E-state index in [9.17, 15) is 0 Å². The van der Waals surface area contributed by atoms with E-state index in [1.54, 1.807) is 0 Å². The minimum absolute atomic E-state index is 0.659. The van der Waals surface area contributed by atoms with Crippen LogP contribution >= 0.6 is 0 Å². The van der Waals surface area contributed by atoms with Gasteiger partial charge in [0.05, 0.1) is 12.1 Å². The lowest BCUT2D eigenvalue weighted by atomic mass is 10.2. The molecule has 0 N–H and O–H groups in total. The standard InChI is InChI=1S/C14H26N4/c1-17(11-5-3-9-15)13-7-8-14-18(2)12-6-4-10-16/h3-8,11-14H2,1-2H3. The molecule has 0 bridgehead atoms. The summed E-state index contributed by atoms with van der Waals surface area (Å²) in [5.41, 5.74) is 0. The van der Waals surface area contributed by atoms with Gasteiger partial charge in [-0.05, 0) is 66.0 Å². The molecule has 102 valence electrons. The molecule has 0 aromatic carbocycles. The zero-order valence-corrected chi connectivity index (χ0v) is 11.9. The highest BCUT2D eigenvalue weighted by Gasteiger charge is 2.00. The monoisotopic (exact) mass is 250 g/mol. The van der Waals surface area contributed by atoms with Crippen LogP contribution in [0.5, 0.6) is 0 Å². The maximum absolute atomic E-state index is 8.45. The molecular formula is C14H26N4. The van der Waals surface area contributed by atoms with Gasteiger partial charge >= 0.3 is 0 Å². The fourth-order valence-electron chi connectivity index (χ4n) is 1.84. The Hall–Kier alpha value is -1.10. The Balaban J connectivity index is 3.33. The maximum atomic E-state index is 8.45. The van der Waals surface area contributed by atoms with Crippen molar-refractivity contribution in [2.45, 2.75) is 38.5 Å². The maximum Gasteiger partial charge on any atom is 0.0622 e. The molecule has 0 unspecified atom stereocenters. The summed E-state index contributed by atoms with van der Waals surface area (Å²) in [4.78, 5) is 4.60. The molecule has 0 aliphatic heterocycles. The molecule has 0 saturated heterocycles. The fraction of sp³-hybridized carbons (Fsp3) is 0.857. The van der Waals surface area contributed by atoms with Crippen molar-refractivity contribution in [3.8, 4) is 12.1 Å². The van der Waals surface area contributed by atoms with Crippen molar-refractivity contribution in [2.75, 3.05) is 40.3 Å². The highest BCUT2D eigenvalue weighted by atomic mass is 15.1. The van der Waals surface area contributed by atoms with Gasteiger partial charge in [0.2, 0.25) is 0 Å². The number of nitrogens with zero attached hydrogens (tertiary/aromatic N) is 4. The quantitative estimate of drug-likeness (QED) is 0.528. The first-order valence-corrected chi connectivity index (χ1v) is 6.81. The summed E-state index contributed by atoms with van der Waals surface area (Å²) < 4.78 is 0. The largest absolute Gasteiger partial charge is 0.306 e. The SMILES string of the molecule is CN(CCCC#N)CCCCN(C)CCCC#N. The Bertz CT molecular complexity index is 236. The second-order valence-corrected chi connectivity index (χ2v) is 4.84. The molecule has 0 aliphatic rings. The Morgan fingerprint density at radius 3 is 1.33 bits per heavy atom. The van der Waals surface area contributed by atoms with E-state index in [4.69, 9.17) is 10.5 Å². The summed E-state index contributed by atoms with van der Waals surface area (Å²) in [7, 11) is 4.24. The topological polar surface area (TPSA) is 54.1 Å². The van der Waals surface area contributed by atoms with Crippen LogP contribution in [0.1, 0.15) is 38.5 Å². The number of hydrogen-bond donors (Lipinski definition) is 0. The first-order valence-electron chi connectivity index (χ1n) is 6.81. The molecule has 0 atom stereocenters. The lowest BCUT2D eigenvalue weighted by molar-refractivity contribution is 0.290. The van der Waals surface area contributed by atoms with Gasteiger partial charge in [-0.1, -0.05) is 0 Å². The van der Waals surface area contributed by atoms with Crippen molar-refractivity contribution < 1.29 is 0 Å². The number of nitriles is 2. The van der Waals surface area contributed by atoms with E-state index in [1.807, 2.05) is 0 Å².